The minimum absolute atomic E-state index is 0.133. The van der Waals surface area contributed by atoms with Gasteiger partial charge in [0, 0.05) is 37.0 Å². The summed E-state index contributed by atoms with van der Waals surface area (Å²) in [6.45, 7) is 0. The Kier molecular flexibility index (Phi) is 3.32. The quantitative estimate of drug-likeness (QED) is 0.890. The number of nitrogens with one attached hydrogen (secondary N) is 1. The zero-order chi connectivity index (χ0) is 13.1. The maximum Gasteiger partial charge on any atom is 0.251 e. The smallest absolute Gasteiger partial charge is 0.251 e. The van der Waals surface area contributed by atoms with Crippen molar-refractivity contribution in [3.63, 3.8) is 0 Å². The number of carbonyl (C=O) groups excluding carboxylic acids is 1. The zero-order valence-corrected chi connectivity index (χ0v) is 10.6. The lowest BCUT2D eigenvalue weighted by Crippen LogP contribution is -2.17. The number of carbonyl (C=O) groups is 1. The third kappa shape index (κ3) is 2.20. The number of ether oxygens (including phenoxy) is 1. The van der Waals surface area contributed by atoms with Crippen LogP contribution in [0.1, 0.15) is 10.4 Å². The molecule has 0 unspecified atom stereocenters. The average molecular weight is 245 g/mol. The summed E-state index contributed by atoms with van der Waals surface area (Å²) in [5.74, 6) is 0.523. The second-order valence-corrected chi connectivity index (χ2v) is 3.90. The Morgan fingerprint density at radius 2 is 2.22 bits per heavy atom. The lowest BCUT2D eigenvalue weighted by atomic mass is 10.1. The standard InChI is InChI=1S/C13H15N3O2/c1-14-13(17)9-4-5-11(12(6-9)18-3)10-7-15-16(2)8-10/h4-8H,1-3H3,(H,14,17). The molecule has 5 heteroatoms. The van der Waals surface area contributed by atoms with E-state index in [-0.39, 0.29) is 5.91 Å². The van der Waals surface area contributed by atoms with E-state index < -0.39 is 0 Å². The highest BCUT2D eigenvalue weighted by molar-refractivity contribution is 5.95. The summed E-state index contributed by atoms with van der Waals surface area (Å²) in [7, 11) is 5.04. The molecule has 0 aliphatic heterocycles. The normalized spacial score (nSPS) is 10.2. The van der Waals surface area contributed by atoms with E-state index in [0.717, 1.165) is 11.1 Å². The van der Waals surface area contributed by atoms with Gasteiger partial charge >= 0.3 is 0 Å². The molecule has 5 nitrogen and oxygen atoms in total. The van der Waals surface area contributed by atoms with Gasteiger partial charge in [0.1, 0.15) is 5.75 Å². The number of aryl methyl sites for hydroxylation is 1. The van der Waals surface area contributed by atoms with Crippen molar-refractivity contribution in [2.45, 2.75) is 0 Å². The van der Waals surface area contributed by atoms with Gasteiger partial charge in [-0.1, -0.05) is 0 Å². The van der Waals surface area contributed by atoms with Gasteiger partial charge < -0.3 is 10.1 Å². The second-order valence-electron chi connectivity index (χ2n) is 3.90. The summed E-state index contributed by atoms with van der Waals surface area (Å²) in [6.07, 6.45) is 3.66. The van der Waals surface area contributed by atoms with Crippen molar-refractivity contribution in [2.24, 2.45) is 7.05 Å². The Morgan fingerprint density at radius 1 is 1.44 bits per heavy atom. The molecule has 0 atom stereocenters. The first-order valence-corrected chi connectivity index (χ1v) is 5.55. The summed E-state index contributed by atoms with van der Waals surface area (Å²) in [6, 6.07) is 5.35. The predicted octanol–water partition coefficient (Wildman–Crippen LogP) is 1.46. The van der Waals surface area contributed by atoms with E-state index in [4.69, 9.17) is 4.74 Å². The zero-order valence-electron chi connectivity index (χ0n) is 10.6. The highest BCUT2D eigenvalue weighted by atomic mass is 16.5. The fraction of sp³-hybridized carbons (Fsp3) is 0.231. The van der Waals surface area contributed by atoms with Gasteiger partial charge in [-0.25, -0.2) is 0 Å². The van der Waals surface area contributed by atoms with Gasteiger partial charge in [-0.05, 0) is 18.2 Å². The van der Waals surface area contributed by atoms with Crippen LogP contribution in [0.2, 0.25) is 0 Å². The Bertz CT molecular complexity index is 575. The van der Waals surface area contributed by atoms with Crippen molar-refractivity contribution in [2.75, 3.05) is 14.2 Å². The van der Waals surface area contributed by atoms with E-state index in [1.807, 2.05) is 19.3 Å². The lowest BCUT2D eigenvalue weighted by Gasteiger charge is -2.08. The monoisotopic (exact) mass is 245 g/mol. The van der Waals surface area contributed by atoms with Crippen LogP contribution < -0.4 is 10.1 Å². The molecule has 1 heterocycles. The molecule has 0 saturated heterocycles. The van der Waals surface area contributed by atoms with Crippen molar-refractivity contribution in [3.8, 4) is 16.9 Å². The summed E-state index contributed by atoms with van der Waals surface area (Å²) >= 11 is 0. The van der Waals surface area contributed by atoms with Crippen LogP contribution in [-0.4, -0.2) is 29.8 Å². The Morgan fingerprint density at radius 3 is 2.78 bits per heavy atom. The second kappa shape index (κ2) is 4.91. The minimum atomic E-state index is -0.133. The summed E-state index contributed by atoms with van der Waals surface area (Å²) in [5.41, 5.74) is 2.44. The number of benzene rings is 1. The van der Waals surface area contributed by atoms with E-state index in [9.17, 15) is 4.79 Å². The van der Waals surface area contributed by atoms with E-state index in [1.54, 1.807) is 37.2 Å². The fourth-order valence-electron chi connectivity index (χ4n) is 1.78. The molecular weight excluding hydrogens is 230 g/mol. The lowest BCUT2D eigenvalue weighted by molar-refractivity contribution is 0.0963. The molecule has 0 radical (unpaired) electrons. The molecule has 0 aliphatic carbocycles. The van der Waals surface area contributed by atoms with Crippen molar-refractivity contribution < 1.29 is 9.53 Å². The molecule has 0 saturated carbocycles. The number of hydrogen-bond acceptors (Lipinski definition) is 3. The largest absolute Gasteiger partial charge is 0.496 e. The number of aromatic nitrogens is 2. The molecule has 1 amide bonds. The molecule has 0 bridgehead atoms. The van der Waals surface area contributed by atoms with Gasteiger partial charge in [0.25, 0.3) is 5.91 Å². The Hall–Kier alpha value is -2.30. The molecule has 1 aromatic carbocycles. The van der Waals surface area contributed by atoms with Crippen molar-refractivity contribution in [3.05, 3.63) is 36.2 Å². The van der Waals surface area contributed by atoms with Crippen molar-refractivity contribution in [1.29, 1.82) is 0 Å². The topological polar surface area (TPSA) is 56.2 Å². The summed E-state index contributed by atoms with van der Waals surface area (Å²) in [5, 5.41) is 6.71. The first-order chi connectivity index (χ1) is 8.65. The molecule has 1 aromatic heterocycles. The van der Waals surface area contributed by atoms with Crippen LogP contribution in [-0.2, 0) is 7.05 Å². The van der Waals surface area contributed by atoms with Crippen LogP contribution in [0.25, 0.3) is 11.1 Å². The van der Waals surface area contributed by atoms with Crippen molar-refractivity contribution >= 4 is 5.91 Å². The van der Waals surface area contributed by atoms with Crippen LogP contribution in [0.3, 0.4) is 0 Å². The number of amides is 1. The predicted molar refractivity (Wildman–Crippen MR) is 68.6 cm³/mol. The molecular formula is C13H15N3O2. The first kappa shape index (κ1) is 12.2. The summed E-state index contributed by atoms with van der Waals surface area (Å²) in [4.78, 5) is 11.6. The van der Waals surface area contributed by atoms with Gasteiger partial charge in [0.15, 0.2) is 0 Å². The highest BCUT2D eigenvalue weighted by Gasteiger charge is 2.11. The molecule has 18 heavy (non-hydrogen) atoms. The maximum absolute atomic E-state index is 11.6. The van der Waals surface area contributed by atoms with Gasteiger partial charge in [-0.3, -0.25) is 9.48 Å². The summed E-state index contributed by atoms with van der Waals surface area (Å²) < 4.78 is 7.05. The van der Waals surface area contributed by atoms with Gasteiger partial charge in [0.2, 0.25) is 0 Å². The molecule has 94 valence electrons. The minimum Gasteiger partial charge on any atom is -0.496 e. The molecule has 0 aliphatic rings. The Labute approximate surface area is 105 Å². The van der Waals surface area contributed by atoms with Crippen LogP contribution in [0, 0.1) is 0 Å². The van der Waals surface area contributed by atoms with Crippen LogP contribution in [0.15, 0.2) is 30.6 Å². The maximum atomic E-state index is 11.6. The van der Waals surface area contributed by atoms with Crippen molar-refractivity contribution in [1.82, 2.24) is 15.1 Å². The molecule has 1 N–H and O–H groups in total. The average Bonchev–Trinajstić information content (AvgIpc) is 2.83. The number of methoxy groups -OCH3 is 1. The van der Waals surface area contributed by atoms with E-state index in [0.29, 0.717) is 11.3 Å². The van der Waals surface area contributed by atoms with Gasteiger partial charge in [-0.15, -0.1) is 0 Å². The number of rotatable bonds is 3. The Balaban J connectivity index is 2.46. The van der Waals surface area contributed by atoms with E-state index >= 15 is 0 Å². The van der Waals surface area contributed by atoms with Gasteiger partial charge in [-0.2, -0.15) is 5.10 Å². The van der Waals surface area contributed by atoms with Crippen LogP contribution >= 0.6 is 0 Å². The van der Waals surface area contributed by atoms with Gasteiger partial charge in [0.05, 0.1) is 13.3 Å². The first-order valence-electron chi connectivity index (χ1n) is 5.55. The van der Waals surface area contributed by atoms with E-state index in [1.165, 1.54) is 0 Å². The molecule has 0 spiro atoms. The molecule has 2 aromatic rings. The fourth-order valence-corrected chi connectivity index (χ4v) is 1.78. The molecule has 2 rings (SSSR count). The van der Waals surface area contributed by atoms with E-state index in [2.05, 4.69) is 10.4 Å². The SMILES string of the molecule is CNC(=O)c1ccc(-c2cnn(C)c2)c(OC)c1. The molecule has 0 fully saturated rings. The van der Waals surface area contributed by atoms with Crippen LogP contribution in [0.4, 0.5) is 0 Å². The van der Waals surface area contributed by atoms with Crippen LogP contribution in [0.5, 0.6) is 5.75 Å². The number of nitrogens with zero attached hydrogens (tertiary/aromatic N) is 2. The third-order valence-electron chi connectivity index (χ3n) is 2.71. The third-order valence-corrected chi connectivity index (χ3v) is 2.71. The number of hydrogen-bond donors (Lipinski definition) is 1. The highest BCUT2D eigenvalue weighted by Crippen LogP contribution is 2.30.